The third-order valence-corrected chi connectivity index (χ3v) is 4.19. The minimum atomic E-state index is -1.89. The van der Waals surface area contributed by atoms with Gasteiger partial charge in [-0.05, 0) is 12.7 Å². The van der Waals surface area contributed by atoms with E-state index in [1.54, 1.807) is 14.2 Å². The summed E-state index contributed by atoms with van der Waals surface area (Å²) in [5, 5.41) is 0. The molecular weight excluding hydrogens is 146 g/mol. The van der Waals surface area contributed by atoms with Gasteiger partial charge in [0.25, 0.3) is 0 Å². The highest BCUT2D eigenvalue weighted by Crippen LogP contribution is 2.10. The Hall–Kier alpha value is -0.323. The van der Waals surface area contributed by atoms with Gasteiger partial charge < -0.3 is 14.6 Å². The lowest BCUT2D eigenvalue weighted by molar-refractivity contribution is 0.253. The summed E-state index contributed by atoms with van der Waals surface area (Å²) >= 11 is 0. The predicted octanol–water partition coefficient (Wildman–Crippen LogP) is 0.824. The Balaban J connectivity index is 3.80. The zero-order valence-corrected chi connectivity index (χ0v) is 7.76. The summed E-state index contributed by atoms with van der Waals surface area (Å²) in [6, 6.07) is 0.802. The highest BCUT2D eigenvalue weighted by atomic mass is 28.4. The van der Waals surface area contributed by atoms with E-state index in [1.165, 1.54) is 6.20 Å². The normalized spacial score (nSPS) is 12.7. The van der Waals surface area contributed by atoms with E-state index in [0.29, 0.717) is 0 Å². The van der Waals surface area contributed by atoms with Crippen LogP contribution in [0.5, 0.6) is 0 Å². The monoisotopic (exact) mass is 161 g/mol. The first-order valence-corrected chi connectivity index (χ1v) is 5.68. The van der Waals surface area contributed by atoms with Gasteiger partial charge in [-0.15, -0.1) is 0 Å². The van der Waals surface area contributed by atoms with E-state index in [2.05, 4.69) is 0 Å². The second-order valence-electron chi connectivity index (χ2n) is 2.17. The number of hydrogen-bond acceptors (Lipinski definition) is 3. The first kappa shape index (κ1) is 9.68. The van der Waals surface area contributed by atoms with Crippen LogP contribution in [0.15, 0.2) is 12.3 Å². The maximum absolute atomic E-state index is 5.20. The van der Waals surface area contributed by atoms with Crippen molar-refractivity contribution in [2.45, 2.75) is 12.6 Å². The van der Waals surface area contributed by atoms with Crippen LogP contribution in [0.2, 0.25) is 12.6 Å². The average Bonchev–Trinajstić information content (AvgIpc) is 2.00. The molecule has 0 amide bonds. The summed E-state index contributed by atoms with van der Waals surface area (Å²) < 4.78 is 10.4. The average molecular weight is 161 g/mol. The van der Waals surface area contributed by atoms with Gasteiger partial charge in [0.05, 0.1) is 0 Å². The Bertz CT molecular complexity index is 112. The standard InChI is InChI=1S/C6H15NO2Si/c1-8-10(3,9-2)6-4-5-7/h4-5H,6-7H2,1-3H3. The zero-order chi connectivity index (χ0) is 8.04. The Morgan fingerprint density at radius 3 is 2.20 bits per heavy atom. The third-order valence-electron chi connectivity index (χ3n) is 1.49. The molecule has 0 rings (SSSR count). The zero-order valence-electron chi connectivity index (χ0n) is 6.76. The van der Waals surface area contributed by atoms with Crippen molar-refractivity contribution < 1.29 is 8.85 Å². The van der Waals surface area contributed by atoms with Crippen LogP contribution in [0, 0.1) is 0 Å². The molecule has 0 aromatic carbocycles. The smallest absolute Gasteiger partial charge is 0.338 e. The minimum absolute atomic E-state index is 0.802. The Kier molecular flexibility index (Phi) is 4.34. The van der Waals surface area contributed by atoms with Crippen molar-refractivity contribution in [1.29, 1.82) is 0 Å². The molecule has 0 aliphatic heterocycles. The molecule has 0 saturated carbocycles. The van der Waals surface area contributed by atoms with Crippen molar-refractivity contribution in [3.05, 3.63) is 12.3 Å². The molecule has 0 radical (unpaired) electrons. The van der Waals surface area contributed by atoms with Gasteiger partial charge in [-0.1, -0.05) is 6.08 Å². The molecule has 0 bridgehead atoms. The molecule has 0 aromatic rings. The van der Waals surface area contributed by atoms with E-state index >= 15 is 0 Å². The van der Waals surface area contributed by atoms with Crippen molar-refractivity contribution >= 4 is 8.56 Å². The molecule has 0 atom stereocenters. The molecule has 0 aliphatic rings. The van der Waals surface area contributed by atoms with E-state index in [4.69, 9.17) is 14.6 Å². The minimum Gasteiger partial charge on any atom is -0.405 e. The summed E-state index contributed by atoms with van der Waals surface area (Å²) in [7, 11) is 1.45. The molecule has 0 unspecified atom stereocenters. The largest absolute Gasteiger partial charge is 0.405 e. The fourth-order valence-electron chi connectivity index (χ4n) is 0.532. The SMILES string of the molecule is CO[Si](C)(CC=CN)OC. The summed E-state index contributed by atoms with van der Waals surface area (Å²) in [6.07, 6.45) is 3.38. The Morgan fingerprint density at radius 2 is 1.90 bits per heavy atom. The van der Waals surface area contributed by atoms with Crippen LogP contribution in [0.4, 0.5) is 0 Å². The fourth-order valence-corrected chi connectivity index (χ4v) is 1.60. The van der Waals surface area contributed by atoms with Gasteiger partial charge in [-0.3, -0.25) is 0 Å². The highest BCUT2D eigenvalue weighted by Gasteiger charge is 2.26. The van der Waals surface area contributed by atoms with Crippen LogP contribution in [0.1, 0.15) is 0 Å². The first-order valence-electron chi connectivity index (χ1n) is 3.15. The van der Waals surface area contributed by atoms with Gasteiger partial charge in [-0.25, -0.2) is 0 Å². The van der Waals surface area contributed by atoms with E-state index in [1.807, 2.05) is 12.6 Å². The fraction of sp³-hybridized carbons (Fsp3) is 0.667. The van der Waals surface area contributed by atoms with Crippen LogP contribution < -0.4 is 5.73 Å². The molecule has 0 aromatic heterocycles. The van der Waals surface area contributed by atoms with Crippen LogP contribution in [-0.4, -0.2) is 22.8 Å². The molecule has 60 valence electrons. The molecule has 0 heterocycles. The topological polar surface area (TPSA) is 44.5 Å². The van der Waals surface area contributed by atoms with Crippen LogP contribution in [-0.2, 0) is 8.85 Å². The molecule has 4 heteroatoms. The predicted molar refractivity (Wildman–Crippen MR) is 43.8 cm³/mol. The van der Waals surface area contributed by atoms with E-state index < -0.39 is 8.56 Å². The molecule has 2 N–H and O–H groups in total. The molecule has 10 heavy (non-hydrogen) atoms. The lowest BCUT2D eigenvalue weighted by Gasteiger charge is -2.20. The lowest BCUT2D eigenvalue weighted by atomic mass is 10.7. The van der Waals surface area contributed by atoms with Crippen LogP contribution in [0.25, 0.3) is 0 Å². The number of nitrogens with two attached hydrogens (primary N) is 1. The van der Waals surface area contributed by atoms with E-state index in [0.717, 1.165) is 6.04 Å². The van der Waals surface area contributed by atoms with E-state index in [-0.39, 0.29) is 0 Å². The first-order chi connectivity index (χ1) is 4.68. The molecular formula is C6H15NO2Si. The second-order valence-corrected chi connectivity index (χ2v) is 5.67. The summed E-state index contributed by atoms with van der Waals surface area (Å²) in [5.74, 6) is 0. The molecule has 0 saturated heterocycles. The quantitative estimate of drug-likeness (QED) is 0.621. The maximum atomic E-state index is 5.20. The van der Waals surface area contributed by atoms with Gasteiger partial charge in [0.15, 0.2) is 0 Å². The van der Waals surface area contributed by atoms with Gasteiger partial charge in [0.2, 0.25) is 0 Å². The van der Waals surface area contributed by atoms with Crippen LogP contribution in [0.3, 0.4) is 0 Å². The van der Waals surface area contributed by atoms with Crippen molar-refractivity contribution in [3.63, 3.8) is 0 Å². The van der Waals surface area contributed by atoms with E-state index in [9.17, 15) is 0 Å². The van der Waals surface area contributed by atoms with Gasteiger partial charge >= 0.3 is 8.56 Å². The van der Waals surface area contributed by atoms with Crippen molar-refractivity contribution in [1.82, 2.24) is 0 Å². The molecule has 0 aliphatic carbocycles. The van der Waals surface area contributed by atoms with Crippen molar-refractivity contribution in [2.75, 3.05) is 14.2 Å². The molecule has 0 fully saturated rings. The van der Waals surface area contributed by atoms with Crippen LogP contribution >= 0.6 is 0 Å². The number of hydrogen-bond donors (Lipinski definition) is 1. The maximum Gasteiger partial charge on any atom is 0.338 e. The number of rotatable bonds is 4. The number of allylic oxidation sites excluding steroid dienone is 1. The van der Waals surface area contributed by atoms with Crippen molar-refractivity contribution in [3.8, 4) is 0 Å². The summed E-state index contributed by atoms with van der Waals surface area (Å²) in [5.41, 5.74) is 5.18. The summed E-state index contributed by atoms with van der Waals surface area (Å²) in [4.78, 5) is 0. The highest BCUT2D eigenvalue weighted by molar-refractivity contribution is 6.66. The lowest BCUT2D eigenvalue weighted by Crippen LogP contribution is -2.35. The Morgan fingerprint density at radius 1 is 1.40 bits per heavy atom. The Labute approximate surface area is 63.1 Å². The molecule has 3 nitrogen and oxygen atoms in total. The van der Waals surface area contributed by atoms with Gasteiger partial charge in [0, 0.05) is 20.3 Å². The molecule has 0 spiro atoms. The van der Waals surface area contributed by atoms with Crippen molar-refractivity contribution in [2.24, 2.45) is 5.73 Å². The van der Waals surface area contributed by atoms with Gasteiger partial charge in [0.1, 0.15) is 0 Å². The third kappa shape index (κ3) is 3.00. The second kappa shape index (κ2) is 4.49. The van der Waals surface area contributed by atoms with Gasteiger partial charge in [-0.2, -0.15) is 0 Å². The summed E-state index contributed by atoms with van der Waals surface area (Å²) in [6.45, 7) is 1.99.